The van der Waals surface area contributed by atoms with Crippen molar-refractivity contribution in [2.24, 2.45) is 0 Å². The van der Waals surface area contributed by atoms with Crippen LogP contribution in [0.4, 0.5) is 0 Å². The molecule has 1 aliphatic rings. The lowest BCUT2D eigenvalue weighted by atomic mass is 9.89. The van der Waals surface area contributed by atoms with Gasteiger partial charge in [0, 0.05) is 11.6 Å². The molecule has 0 amide bonds. The highest BCUT2D eigenvalue weighted by atomic mass is 14.9. The molecule has 2 aromatic rings. The van der Waals surface area contributed by atoms with Crippen LogP contribution in [0.5, 0.6) is 0 Å². The first-order valence-corrected chi connectivity index (χ1v) is 5.99. The zero-order chi connectivity index (χ0) is 10.8. The second kappa shape index (κ2) is 4.22. The van der Waals surface area contributed by atoms with E-state index in [2.05, 4.69) is 34.6 Å². The molecule has 16 heavy (non-hydrogen) atoms. The number of piperidine rings is 1. The number of nitrogens with one attached hydrogen (secondary N) is 1. The standard InChI is InChI=1S/C14H16N2/c1-2-13-10-12(3-4-14(13)16-7-1)11-5-8-15-9-6-11/h1-4,7,10-11,15H,5-6,8-9H2. The Kier molecular flexibility index (Phi) is 2.58. The van der Waals surface area contributed by atoms with Gasteiger partial charge in [-0.1, -0.05) is 12.1 Å². The fraction of sp³-hybridized carbons (Fsp3) is 0.357. The minimum Gasteiger partial charge on any atom is -0.317 e. The lowest BCUT2D eigenvalue weighted by Crippen LogP contribution is -2.26. The fourth-order valence-corrected chi connectivity index (χ4v) is 2.50. The summed E-state index contributed by atoms with van der Waals surface area (Å²) < 4.78 is 0. The minimum atomic E-state index is 0.728. The van der Waals surface area contributed by atoms with Gasteiger partial charge in [0.25, 0.3) is 0 Å². The smallest absolute Gasteiger partial charge is 0.0702 e. The van der Waals surface area contributed by atoms with Gasteiger partial charge in [0.2, 0.25) is 0 Å². The Morgan fingerprint density at radius 2 is 2.00 bits per heavy atom. The Balaban J connectivity index is 1.97. The highest BCUT2D eigenvalue weighted by molar-refractivity contribution is 5.79. The average Bonchev–Trinajstić information content (AvgIpc) is 2.39. The number of nitrogens with zero attached hydrogens (tertiary/aromatic N) is 1. The highest BCUT2D eigenvalue weighted by Gasteiger charge is 2.15. The van der Waals surface area contributed by atoms with Crippen molar-refractivity contribution in [1.29, 1.82) is 0 Å². The highest BCUT2D eigenvalue weighted by Crippen LogP contribution is 2.27. The number of rotatable bonds is 1. The van der Waals surface area contributed by atoms with Crippen LogP contribution in [0.25, 0.3) is 10.9 Å². The molecule has 0 bridgehead atoms. The van der Waals surface area contributed by atoms with Crippen molar-refractivity contribution in [2.75, 3.05) is 13.1 Å². The molecular formula is C14H16N2. The van der Waals surface area contributed by atoms with Crippen LogP contribution in [0.2, 0.25) is 0 Å². The predicted octanol–water partition coefficient (Wildman–Crippen LogP) is 2.70. The van der Waals surface area contributed by atoms with Crippen molar-refractivity contribution in [3.63, 3.8) is 0 Å². The van der Waals surface area contributed by atoms with E-state index >= 15 is 0 Å². The summed E-state index contributed by atoms with van der Waals surface area (Å²) in [6.45, 7) is 2.30. The van der Waals surface area contributed by atoms with Crippen molar-refractivity contribution >= 4 is 10.9 Å². The molecule has 2 nitrogen and oxygen atoms in total. The second-order valence-corrected chi connectivity index (χ2v) is 4.48. The Morgan fingerprint density at radius 3 is 2.88 bits per heavy atom. The zero-order valence-electron chi connectivity index (χ0n) is 9.32. The molecule has 1 aliphatic heterocycles. The van der Waals surface area contributed by atoms with Gasteiger partial charge in [-0.05, 0) is 55.6 Å². The van der Waals surface area contributed by atoms with E-state index in [1.165, 1.54) is 23.8 Å². The fourth-order valence-electron chi connectivity index (χ4n) is 2.50. The van der Waals surface area contributed by atoms with Crippen molar-refractivity contribution in [2.45, 2.75) is 18.8 Å². The zero-order valence-corrected chi connectivity index (χ0v) is 9.32. The van der Waals surface area contributed by atoms with Crippen LogP contribution in [0.15, 0.2) is 36.5 Å². The normalized spacial score (nSPS) is 17.8. The van der Waals surface area contributed by atoms with Gasteiger partial charge >= 0.3 is 0 Å². The molecule has 1 aromatic heterocycles. The number of fused-ring (bicyclic) bond motifs is 1. The van der Waals surface area contributed by atoms with Gasteiger partial charge in [-0.15, -0.1) is 0 Å². The number of pyridine rings is 1. The van der Waals surface area contributed by atoms with Crippen LogP contribution in [-0.2, 0) is 0 Å². The molecule has 82 valence electrons. The lowest BCUT2D eigenvalue weighted by Gasteiger charge is -2.23. The molecule has 2 heteroatoms. The first-order valence-electron chi connectivity index (χ1n) is 5.99. The van der Waals surface area contributed by atoms with Crippen molar-refractivity contribution < 1.29 is 0 Å². The van der Waals surface area contributed by atoms with Crippen LogP contribution >= 0.6 is 0 Å². The first-order chi connectivity index (χ1) is 7.93. The Hall–Kier alpha value is -1.41. The molecule has 0 saturated carbocycles. The van der Waals surface area contributed by atoms with Gasteiger partial charge < -0.3 is 5.32 Å². The number of benzene rings is 1. The second-order valence-electron chi connectivity index (χ2n) is 4.48. The first kappa shape index (κ1) is 9.79. The van der Waals surface area contributed by atoms with Gasteiger partial charge in [-0.2, -0.15) is 0 Å². The van der Waals surface area contributed by atoms with Gasteiger partial charge in [0.15, 0.2) is 0 Å². The van der Waals surface area contributed by atoms with Crippen LogP contribution in [0.3, 0.4) is 0 Å². The maximum atomic E-state index is 4.36. The Morgan fingerprint density at radius 1 is 1.12 bits per heavy atom. The molecular weight excluding hydrogens is 196 g/mol. The number of aromatic nitrogens is 1. The molecule has 0 radical (unpaired) electrons. The third-order valence-corrected chi connectivity index (χ3v) is 3.44. The summed E-state index contributed by atoms with van der Waals surface area (Å²) in [7, 11) is 0. The molecule has 1 fully saturated rings. The summed E-state index contributed by atoms with van der Waals surface area (Å²) in [4.78, 5) is 4.36. The summed E-state index contributed by atoms with van der Waals surface area (Å²) in [6.07, 6.45) is 4.37. The Labute approximate surface area is 95.7 Å². The molecule has 0 aliphatic carbocycles. The van der Waals surface area contributed by atoms with Crippen molar-refractivity contribution in [1.82, 2.24) is 10.3 Å². The van der Waals surface area contributed by atoms with E-state index in [0.717, 1.165) is 24.5 Å². The average molecular weight is 212 g/mol. The van der Waals surface area contributed by atoms with E-state index in [1.54, 1.807) is 0 Å². The monoisotopic (exact) mass is 212 g/mol. The minimum absolute atomic E-state index is 0.728. The summed E-state index contributed by atoms with van der Waals surface area (Å²) in [6, 6.07) is 10.8. The molecule has 0 spiro atoms. The predicted molar refractivity (Wildman–Crippen MR) is 66.6 cm³/mol. The third-order valence-electron chi connectivity index (χ3n) is 3.44. The SMILES string of the molecule is c1cnc2ccc(C3CCNCC3)cc2c1. The largest absolute Gasteiger partial charge is 0.317 e. The summed E-state index contributed by atoms with van der Waals surface area (Å²) in [5.74, 6) is 0.728. The van der Waals surface area contributed by atoms with Gasteiger partial charge in [0.1, 0.15) is 0 Å². The summed E-state index contributed by atoms with van der Waals surface area (Å²) >= 11 is 0. The topological polar surface area (TPSA) is 24.9 Å². The Bertz CT molecular complexity index is 487. The van der Waals surface area contributed by atoms with Gasteiger partial charge in [-0.3, -0.25) is 4.98 Å². The van der Waals surface area contributed by atoms with Crippen molar-refractivity contribution in [3.05, 3.63) is 42.1 Å². The van der Waals surface area contributed by atoms with E-state index in [1.807, 2.05) is 12.3 Å². The van der Waals surface area contributed by atoms with Crippen molar-refractivity contribution in [3.8, 4) is 0 Å². The van der Waals surface area contributed by atoms with Crippen LogP contribution in [0, 0.1) is 0 Å². The molecule has 2 heterocycles. The summed E-state index contributed by atoms with van der Waals surface area (Å²) in [5, 5.41) is 4.67. The number of hydrogen-bond acceptors (Lipinski definition) is 2. The van der Waals surface area contributed by atoms with E-state index in [9.17, 15) is 0 Å². The van der Waals surface area contributed by atoms with E-state index in [4.69, 9.17) is 0 Å². The van der Waals surface area contributed by atoms with Crippen LogP contribution < -0.4 is 5.32 Å². The summed E-state index contributed by atoms with van der Waals surface area (Å²) in [5.41, 5.74) is 2.57. The van der Waals surface area contributed by atoms with E-state index in [0.29, 0.717) is 0 Å². The van der Waals surface area contributed by atoms with Gasteiger partial charge in [0.05, 0.1) is 5.52 Å². The van der Waals surface area contributed by atoms with E-state index < -0.39 is 0 Å². The molecule has 1 saturated heterocycles. The van der Waals surface area contributed by atoms with E-state index in [-0.39, 0.29) is 0 Å². The lowest BCUT2D eigenvalue weighted by molar-refractivity contribution is 0.460. The molecule has 3 rings (SSSR count). The maximum Gasteiger partial charge on any atom is 0.0702 e. The van der Waals surface area contributed by atoms with Gasteiger partial charge in [-0.25, -0.2) is 0 Å². The molecule has 0 unspecified atom stereocenters. The third kappa shape index (κ3) is 1.81. The quantitative estimate of drug-likeness (QED) is 0.786. The molecule has 1 N–H and O–H groups in total. The maximum absolute atomic E-state index is 4.36. The molecule has 1 aromatic carbocycles. The number of hydrogen-bond donors (Lipinski definition) is 1. The van der Waals surface area contributed by atoms with Crippen LogP contribution in [0.1, 0.15) is 24.3 Å². The molecule has 0 atom stereocenters. The van der Waals surface area contributed by atoms with Crippen LogP contribution in [-0.4, -0.2) is 18.1 Å².